The maximum absolute atomic E-state index is 2.66. The minimum atomic E-state index is -1.59. The maximum atomic E-state index is 2.66. The monoisotopic (exact) mass is 378 g/mol. The van der Waals surface area contributed by atoms with Gasteiger partial charge in [0.25, 0.3) is 0 Å². The van der Waals surface area contributed by atoms with Gasteiger partial charge in [0, 0.05) is 0 Å². The summed E-state index contributed by atoms with van der Waals surface area (Å²) in [5.41, 5.74) is 15.5. The molecule has 0 aromatic rings. The summed E-state index contributed by atoms with van der Waals surface area (Å²) in [7, 11) is -1.59. The number of fused-ring (bicyclic) bond motifs is 1. The van der Waals surface area contributed by atoms with Crippen molar-refractivity contribution in [3.63, 3.8) is 0 Å². The molecule has 1 heteroatoms. The van der Waals surface area contributed by atoms with E-state index >= 15 is 0 Å². The first-order valence-corrected chi connectivity index (χ1v) is 13.8. The Kier molecular flexibility index (Phi) is 5.23. The highest BCUT2D eigenvalue weighted by molar-refractivity contribution is 6.82. The molecule has 0 heterocycles. The van der Waals surface area contributed by atoms with E-state index in [4.69, 9.17) is 0 Å². The van der Waals surface area contributed by atoms with Crippen LogP contribution in [0, 0.1) is 5.92 Å². The largest absolute Gasteiger partial charge is 0.0722 e. The molecule has 0 aromatic carbocycles. The zero-order chi connectivity index (χ0) is 20.3. The number of allylic oxidation sites excluding steroid dienone is 12. The van der Waals surface area contributed by atoms with Crippen molar-refractivity contribution in [2.24, 2.45) is 5.92 Å². The van der Waals surface area contributed by atoms with Crippen LogP contribution in [0.5, 0.6) is 0 Å². The van der Waals surface area contributed by atoms with E-state index in [2.05, 4.69) is 86.7 Å². The molecule has 0 fully saturated rings. The summed E-state index contributed by atoms with van der Waals surface area (Å²) in [6.07, 6.45) is 8.53. The normalized spacial score (nSPS) is 24.6. The van der Waals surface area contributed by atoms with Crippen molar-refractivity contribution in [1.82, 2.24) is 0 Å². The van der Waals surface area contributed by atoms with Crippen LogP contribution in [0.1, 0.15) is 61.8 Å². The van der Waals surface area contributed by atoms with Crippen molar-refractivity contribution < 1.29 is 0 Å². The van der Waals surface area contributed by atoms with Gasteiger partial charge in [0.15, 0.2) is 0 Å². The molecular weight excluding hydrogens is 340 g/mol. The second-order valence-corrected chi connectivity index (χ2v) is 14.9. The highest BCUT2D eigenvalue weighted by Gasteiger charge is 2.46. The Hall–Kier alpha value is -1.34. The van der Waals surface area contributed by atoms with Gasteiger partial charge in [0.1, 0.15) is 0 Å². The third kappa shape index (κ3) is 3.12. The van der Waals surface area contributed by atoms with Crippen molar-refractivity contribution in [3.8, 4) is 0 Å². The van der Waals surface area contributed by atoms with Crippen molar-refractivity contribution in [2.75, 3.05) is 0 Å². The summed E-state index contributed by atoms with van der Waals surface area (Å²) in [6.45, 7) is 24.1. The van der Waals surface area contributed by atoms with Crippen LogP contribution < -0.4 is 0 Å². The number of rotatable bonds is 3. The van der Waals surface area contributed by atoms with Gasteiger partial charge in [0.2, 0.25) is 0 Å². The molecule has 146 valence electrons. The molecule has 0 bridgehead atoms. The van der Waals surface area contributed by atoms with Gasteiger partial charge < -0.3 is 0 Å². The second kappa shape index (κ2) is 6.92. The van der Waals surface area contributed by atoms with Crippen LogP contribution in [-0.4, -0.2) is 8.07 Å². The quantitative estimate of drug-likeness (QED) is 0.433. The predicted octanol–water partition coefficient (Wildman–Crippen LogP) is 8.31. The molecule has 0 radical (unpaired) electrons. The molecule has 0 saturated heterocycles. The summed E-state index contributed by atoms with van der Waals surface area (Å²) in [5.74, 6) is 0.619. The molecule has 0 saturated carbocycles. The van der Waals surface area contributed by atoms with Crippen LogP contribution in [0.15, 0.2) is 68.4 Å². The zero-order valence-electron chi connectivity index (χ0n) is 19.2. The number of hydrogen-bond acceptors (Lipinski definition) is 0. The molecule has 0 spiro atoms. The standard InChI is InChI=1S/C26H38Si/c1-15(2)22-12-11-16(3)23-14-25(21(8)24(23)13-22)27(9,10)26-19(6)17(4)18(5)20(26)7/h11-12,14-15,25-26H,13H2,1-10H3. The van der Waals surface area contributed by atoms with Crippen molar-refractivity contribution in [2.45, 2.75) is 86.0 Å². The first-order chi connectivity index (χ1) is 12.5. The van der Waals surface area contributed by atoms with Crippen LogP contribution in [0.25, 0.3) is 0 Å². The Morgan fingerprint density at radius 1 is 0.852 bits per heavy atom. The second-order valence-electron chi connectivity index (χ2n) is 10.0. The molecule has 0 aromatic heterocycles. The Labute approximate surface area is 168 Å². The van der Waals surface area contributed by atoms with Crippen molar-refractivity contribution in [3.05, 3.63) is 68.4 Å². The fraction of sp³-hybridized carbons (Fsp3) is 0.538. The lowest BCUT2D eigenvalue weighted by Gasteiger charge is -2.38. The molecule has 3 aliphatic carbocycles. The Morgan fingerprint density at radius 3 is 1.93 bits per heavy atom. The van der Waals surface area contributed by atoms with Gasteiger partial charge in [-0.25, -0.2) is 0 Å². The average Bonchev–Trinajstić information content (AvgIpc) is 2.93. The molecule has 0 N–H and O–H groups in total. The van der Waals surface area contributed by atoms with Gasteiger partial charge in [-0.1, -0.05) is 67.5 Å². The highest BCUT2D eigenvalue weighted by Crippen LogP contribution is 2.55. The summed E-state index contributed by atoms with van der Waals surface area (Å²) < 4.78 is 0. The molecule has 1 atom stereocenters. The van der Waals surface area contributed by atoms with Gasteiger partial charge >= 0.3 is 0 Å². The van der Waals surface area contributed by atoms with Crippen LogP contribution in [0.2, 0.25) is 24.2 Å². The van der Waals surface area contributed by atoms with Crippen molar-refractivity contribution >= 4 is 8.07 Å². The fourth-order valence-electron chi connectivity index (χ4n) is 5.80. The summed E-state index contributed by atoms with van der Waals surface area (Å²) in [4.78, 5) is 0. The lowest BCUT2D eigenvalue weighted by Crippen LogP contribution is -2.38. The molecular formula is C26H38Si. The van der Waals surface area contributed by atoms with E-state index in [1.54, 1.807) is 44.6 Å². The first kappa shape index (κ1) is 20.4. The Balaban J connectivity index is 2.07. The zero-order valence-corrected chi connectivity index (χ0v) is 20.2. The van der Waals surface area contributed by atoms with E-state index in [1.165, 1.54) is 5.57 Å². The van der Waals surface area contributed by atoms with E-state index in [9.17, 15) is 0 Å². The summed E-state index contributed by atoms with van der Waals surface area (Å²) in [5, 5.41) is 0. The van der Waals surface area contributed by atoms with E-state index < -0.39 is 8.07 Å². The van der Waals surface area contributed by atoms with E-state index in [-0.39, 0.29) is 0 Å². The van der Waals surface area contributed by atoms with Gasteiger partial charge in [-0.05, 0) is 92.8 Å². The predicted molar refractivity (Wildman–Crippen MR) is 124 cm³/mol. The lowest BCUT2D eigenvalue weighted by molar-refractivity contribution is 0.740. The Bertz CT molecular complexity index is 838. The van der Waals surface area contributed by atoms with Crippen LogP contribution in [0.4, 0.5) is 0 Å². The molecule has 0 amide bonds. The summed E-state index contributed by atoms with van der Waals surface area (Å²) >= 11 is 0. The van der Waals surface area contributed by atoms with E-state index in [0.717, 1.165) is 6.42 Å². The topological polar surface area (TPSA) is 0 Å². The smallest absolute Gasteiger partial charge is 0.0710 e. The highest BCUT2D eigenvalue weighted by atomic mass is 28.3. The Morgan fingerprint density at radius 2 is 1.41 bits per heavy atom. The molecule has 3 aliphatic rings. The van der Waals surface area contributed by atoms with Crippen molar-refractivity contribution in [1.29, 1.82) is 0 Å². The van der Waals surface area contributed by atoms with Crippen LogP contribution in [-0.2, 0) is 0 Å². The lowest BCUT2D eigenvalue weighted by atomic mass is 9.92. The third-order valence-corrected chi connectivity index (χ3v) is 12.4. The van der Waals surface area contributed by atoms with E-state index in [0.29, 0.717) is 17.0 Å². The fourth-order valence-corrected chi connectivity index (χ4v) is 10.7. The molecule has 0 nitrogen and oxygen atoms in total. The van der Waals surface area contributed by atoms with Gasteiger partial charge in [-0.2, -0.15) is 0 Å². The molecule has 0 aliphatic heterocycles. The van der Waals surface area contributed by atoms with Gasteiger partial charge in [0.05, 0.1) is 8.07 Å². The van der Waals surface area contributed by atoms with Gasteiger partial charge in [-0.15, -0.1) is 0 Å². The molecule has 27 heavy (non-hydrogen) atoms. The first-order valence-electron chi connectivity index (χ1n) is 10.6. The van der Waals surface area contributed by atoms with E-state index in [1.807, 2.05) is 0 Å². The minimum absolute atomic E-state index is 0.619. The third-order valence-electron chi connectivity index (χ3n) is 7.85. The average molecular weight is 379 g/mol. The summed E-state index contributed by atoms with van der Waals surface area (Å²) in [6, 6.07) is 0. The maximum Gasteiger partial charge on any atom is 0.0710 e. The number of hydrogen-bond donors (Lipinski definition) is 0. The minimum Gasteiger partial charge on any atom is -0.0722 e. The van der Waals surface area contributed by atoms with Crippen LogP contribution in [0.3, 0.4) is 0 Å². The molecule has 3 rings (SSSR count). The van der Waals surface area contributed by atoms with Crippen LogP contribution >= 0.6 is 0 Å². The SMILES string of the molecule is CC1=CC=C(C(C)C)CC2=C(C)C([Si](C)(C)C3C(C)=C(C)C(C)=C3C)C=C12. The molecule has 1 unspecified atom stereocenters. The van der Waals surface area contributed by atoms with Gasteiger partial charge in [-0.3, -0.25) is 0 Å².